The van der Waals surface area contributed by atoms with E-state index in [9.17, 15) is 0 Å². The highest BCUT2D eigenvalue weighted by Gasteiger charge is 2.25. The first-order valence-corrected chi connectivity index (χ1v) is 9.65. The third kappa shape index (κ3) is 3.75. The molecule has 0 bridgehead atoms. The molecule has 1 aliphatic rings. The first-order chi connectivity index (χ1) is 13.8. The molecule has 2 aromatic heterocycles. The van der Waals surface area contributed by atoms with E-state index in [1.807, 2.05) is 24.5 Å². The van der Waals surface area contributed by atoms with Crippen molar-refractivity contribution in [2.24, 2.45) is 0 Å². The highest BCUT2D eigenvalue weighted by molar-refractivity contribution is 5.82. The maximum absolute atomic E-state index is 5.70. The smallest absolute Gasteiger partial charge is 0.179 e. The molecule has 7 nitrogen and oxygen atoms in total. The van der Waals surface area contributed by atoms with Crippen molar-refractivity contribution in [1.82, 2.24) is 15.3 Å². The third-order valence-corrected chi connectivity index (χ3v) is 5.35. The summed E-state index contributed by atoms with van der Waals surface area (Å²) in [4.78, 5) is 10.9. The first kappa shape index (κ1) is 18.6. The van der Waals surface area contributed by atoms with Gasteiger partial charge >= 0.3 is 0 Å². The zero-order valence-corrected chi connectivity index (χ0v) is 16.4. The number of benzene rings is 1. The molecule has 1 aromatic carbocycles. The van der Waals surface area contributed by atoms with Gasteiger partial charge in [-0.1, -0.05) is 0 Å². The molecule has 1 atom stereocenters. The Kier molecular flexibility index (Phi) is 5.62. The van der Waals surface area contributed by atoms with Crippen LogP contribution in [0.2, 0.25) is 0 Å². The Morgan fingerprint density at radius 3 is 3.07 bits per heavy atom. The van der Waals surface area contributed by atoms with Crippen molar-refractivity contribution in [2.75, 3.05) is 38.8 Å². The Morgan fingerprint density at radius 1 is 1.29 bits per heavy atom. The minimum absolute atomic E-state index is 0.366. The van der Waals surface area contributed by atoms with Crippen LogP contribution in [0.4, 0.5) is 5.82 Å². The fourth-order valence-electron chi connectivity index (χ4n) is 3.88. The highest BCUT2D eigenvalue weighted by atomic mass is 16.5. The molecule has 1 aliphatic heterocycles. The monoisotopic (exact) mass is 382 g/mol. The normalized spacial score (nSPS) is 17.1. The molecule has 3 aromatic rings. The number of fused-ring (bicyclic) bond motifs is 1. The van der Waals surface area contributed by atoms with Gasteiger partial charge in [-0.2, -0.15) is 0 Å². The number of furan rings is 1. The van der Waals surface area contributed by atoms with Crippen molar-refractivity contribution in [1.29, 1.82) is 0 Å². The summed E-state index contributed by atoms with van der Waals surface area (Å²) in [7, 11) is 3.35. The molecule has 0 aliphatic carbocycles. The largest absolute Gasteiger partial charge is 0.497 e. The van der Waals surface area contributed by atoms with Crippen LogP contribution in [0.5, 0.6) is 11.5 Å². The van der Waals surface area contributed by atoms with E-state index < -0.39 is 0 Å². The summed E-state index contributed by atoms with van der Waals surface area (Å²) in [6.07, 6.45) is 8.26. The molecule has 0 saturated carbocycles. The van der Waals surface area contributed by atoms with Gasteiger partial charge in [-0.3, -0.25) is 0 Å². The first-order valence-electron chi connectivity index (χ1n) is 9.65. The van der Waals surface area contributed by atoms with E-state index in [0.29, 0.717) is 6.04 Å². The van der Waals surface area contributed by atoms with Gasteiger partial charge in [-0.25, -0.2) is 9.97 Å². The van der Waals surface area contributed by atoms with E-state index in [-0.39, 0.29) is 0 Å². The van der Waals surface area contributed by atoms with Gasteiger partial charge in [0.25, 0.3) is 0 Å². The zero-order valence-electron chi connectivity index (χ0n) is 16.4. The molecule has 1 unspecified atom stereocenters. The number of aromatic nitrogens is 2. The fraction of sp³-hybridized carbons (Fsp3) is 0.429. The summed E-state index contributed by atoms with van der Waals surface area (Å²) in [5.41, 5.74) is 2.13. The van der Waals surface area contributed by atoms with Gasteiger partial charge in [0.1, 0.15) is 17.7 Å². The predicted molar refractivity (Wildman–Crippen MR) is 108 cm³/mol. The van der Waals surface area contributed by atoms with Gasteiger partial charge in [-0.05, 0) is 43.0 Å². The molecule has 148 valence electrons. The van der Waals surface area contributed by atoms with Crippen molar-refractivity contribution >= 4 is 16.8 Å². The topological polar surface area (TPSA) is 72.7 Å². The molecule has 4 rings (SSSR count). The molecule has 3 heterocycles. The summed E-state index contributed by atoms with van der Waals surface area (Å²) < 4.78 is 16.5. The van der Waals surface area contributed by atoms with Crippen LogP contribution in [0, 0.1) is 0 Å². The number of rotatable bonds is 7. The fourth-order valence-corrected chi connectivity index (χ4v) is 3.88. The Labute approximate surface area is 164 Å². The van der Waals surface area contributed by atoms with Crippen molar-refractivity contribution < 1.29 is 13.9 Å². The number of methoxy groups -OCH3 is 2. The van der Waals surface area contributed by atoms with Crippen LogP contribution in [-0.2, 0) is 6.42 Å². The molecule has 0 amide bonds. The lowest BCUT2D eigenvalue weighted by molar-refractivity contribution is 0.396. The summed E-state index contributed by atoms with van der Waals surface area (Å²) in [6, 6.07) is 6.31. The number of aryl methyl sites for hydroxylation is 1. The second-order valence-corrected chi connectivity index (χ2v) is 6.98. The van der Waals surface area contributed by atoms with Crippen LogP contribution in [0.15, 0.2) is 41.4 Å². The maximum atomic E-state index is 5.70. The number of nitrogens with zero attached hydrogens (tertiary/aromatic N) is 3. The molecule has 0 radical (unpaired) electrons. The summed E-state index contributed by atoms with van der Waals surface area (Å²) >= 11 is 0. The molecule has 1 N–H and O–H groups in total. The second kappa shape index (κ2) is 8.48. The Bertz CT molecular complexity index is 927. The minimum Gasteiger partial charge on any atom is -0.497 e. The summed E-state index contributed by atoms with van der Waals surface area (Å²) in [6.45, 7) is 2.78. The van der Waals surface area contributed by atoms with Crippen molar-refractivity contribution in [2.45, 2.75) is 25.3 Å². The van der Waals surface area contributed by atoms with E-state index in [1.54, 1.807) is 26.7 Å². The standard InChI is InChI=1S/C21H26N4O3/c1-26-17-6-7-19-18(10-17)15(13-28-19)4-3-5-16-11-22-8-9-25(16)21-20(27-2)12-23-14-24-21/h6-7,10,12-14,16,22H,3-5,8-9,11H2,1-2H3. The predicted octanol–water partition coefficient (Wildman–Crippen LogP) is 3.04. The number of nitrogens with one attached hydrogen (secondary N) is 1. The third-order valence-electron chi connectivity index (χ3n) is 5.35. The maximum Gasteiger partial charge on any atom is 0.179 e. The lowest BCUT2D eigenvalue weighted by Gasteiger charge is -2.37. The van der Waals surface area contributed by atoms with Crippen molar-refractivity contribution in [3.05, 3.63) is 42.5 Å². The summed E-state index contributed by atoms with van der Waals surface area (Å²) in [5.74, 6) is 2.46. The molecule has 0 spiro atoms. The lowest BCUT2D eigenvalue weighted by atomic mass is 10.0. The molecule has 28 heavy (non-hydrogen) atoms. The molecular formula is C21H26N4O3. The van der Waals surface area contributed by atoms with Crippen LogP contribution >= 0.6 is 0 Å². The van der Waals surface area contributed by atoms with Crippen LogP contribution in [0.1, 0.15) is 18.4 Å². The quantitative estimate of drug-likeness (QED) is 0.673. The van der Waals surface area contributed by atoms with Crippen LogP contribution in [0.25, 0.3) is 11.0 Å². The highest BCUT2D eigenvalue weighted by Crippen LogP contribution is 2.29. The zero-order chi connectivity index (χ0) is 19.3. The summed E-state index contributed by atoms with van der Waals surface area (Å²) in [5, 5.41) is 4.63. The van der Waals surface area contributed by atoms with E-state index in [1.165, 1.54) is 5.56 Å². The Balaban J connectivity index is 1.45. The number of hydrogen-bond acceptors (Lipinski definition) is 7. The molecule has 1 saturated heterocycles. The van der Waals surface area contributed by atoms with Gasteiger partial charge in [0, 0.05) is 31.1 Å². The average molecular weight is 382 g/mol. The molecular weight excluding hydrogens is 356 g/mol. The van der Waals surface area contributed by atoms with Gasteiger partial charge < -0.3 is 24.1 Å². The van der Waals surface area contributed by atoms with E-state index in [0.717, 1.165) is 67.2 Å². The Hall–Kier alpha value is -2.80. The van der Waals surface area contributed by atoms with Crippen molar-refractivity contribution in [3.8, 4) is 11.5 Å². The van der Waals surface area contributed by atoms with Gasteiger partial charge in [0.15, 0.2) is 11.6 Å². The lowest BCUT2D eigenvalue weighted by Crippen LogP contribution is -2.51. The molecule has 1 fully saturated rings. The van der Waals surface area contributed by atoms with E-state index in [4.69, 9.17) is 13.9 Å². The van der Waals surface area contributed by atoms with Crippen molar-refractivity contribution in [3.63, 3.8) is 0 Å². The van der Waals surface area contributed by atoms with Gasteiger partial charge in [-0.15, -0.1) is 0 Å². The minimum atomic E-state index is 0.366. The van der Waals surface area contributed by atoms with E-state index in [2.05, 4.69) is 20.2 Å². The number of piperazine rings is 1. The van der Waals surface area contributed by atoms with Crippen LogP contribution in [-0.4, -0.2) is 49.9 Å². The van der Waals surface area contributed by atoms with E-state index >= 15 is 0 Å². The van der Waals surface area contributed by atoms with Crippen LogP contribution < -0.4 is 19.7 Å². The SMILES string of the molecule is COc1ccc2occ(CCCC3CNCCN3c3ncncc3OC)c2c1. The van der Waals surface area contributed by atoms with Gasteiger partial charge in [0.05, 0.1) is 26.7 Å². The number of ether oxygens (including phenoxy) is 2. The Morgan fingerprint density at radius 2 is 2.21 bits per heavy atom. The van der Waals surface area contributed by atoms with Gasteiger partial charge in [0.2, 0.25) is 0 Å². The second-order valence-electron chi connectivity index (χ2n) is 6.98. The molecule has 7 heteroatoms. The number of anilines is 1. The number of hydrogen-bond donors (Lipinski definition) is 1. The van der Waals surface area contributed by atoms with Crippen LogP contribution in [0.3, 0.4) is 0 Å². The average Bonchev–Trinajstić information content (AvgIpc) is 3.16.